The molecular formula is C35H34FN5O4. The van der Waals surface area contributed by atoms with Gasteiger partial charge in [-0.05, 0) is 54.1 Å². The number of carbonyl (C=O) groups is 1. The van der Waals surface area contributed by atoms with E-state index in [1.807, 2.05) is 54.6 Å². The Morgan fingerprint density at radius 3 is 2.62 bits per heavy atom. The number of amides is 1. The first-order valence-electron chi connectivity index (χ1n) is 15.3. The van der Waals surface area contributed by atoms with Crippen LogP contribution in [0, 0.1) is 5.82 Å². The van der Waals surface area contributed by atoms with Gasteiger partial charge in [0.05, 0.1) is 24.3 Å². The van der Waals surface area contributed by atoms with Crippen LogP contribution >= 0.6 is 0 Å². The van der Waals surface area contributed by atoms with Gasteiger partial charge < -0.3 is 24.3 Å². The highest BCUT2D eigenvalue weighted by molar-refractivity contribution is 6.02. The average Bonchev–Trinajstić information content (AvgIpc) is 3.07. The van der Waals surface area contributed by atoms with Gasteiger partial charge in [-0.2, -0.15) is 0 Å². The lowest BCUT2D eigenvalue weighted by Crippen LogP contribution is -2.37. The van der Waals surface area contributed by atoms with Gasteiger partial charge in [-0.25, -0.2) is 4.39 Å². The van der Waals surface area contributed by atoms with Crippen molar-refractivity contribution in [3.05, 3.63) is 100 Å². The molecule has 2 aliphatic rings. The van der Waals surface area contributed by atoms with Crippen LogP contribution in [-0.4, -0.2) is 78.2 Å². The first-order chi connectivity index (χ1) is 22.0. The lowest BCUT2D eigenvalue weighted by Gasteiger charge is -2.28. The van der Waals surface area contributed by atoms with Crippen LogP contribution in [0.2, 0.25) is 0 Å². The first-order valence-corrected chi connectivity index (χ1v) is 15.3. The van der Waals surface area contributed by atoms with E-state index >= 15 is 4.39 Å². The number of benzene rings is 3. The number of morpholine rings is 1. The molecule has 1 saturated heterocycles. The molecular weight excluding hydrogens is 573 g/mol. The van der Waals surface area contributed by atoms with Gasteiger partial charge in [0, 0.05) is 57.7 Å². The Kier molecular flexibility index (Phi) is 7.91. The Bertz CT molecular complexity index is 1960. The summed E-state index contributed by atoms with van der Waals surface area (Å²) in [5, 5.41) is 5.26. The molecule has 1 amide bonds. The van der Waals surface area contributed by atoms with Crippen molar-refractivity contribution in [1.29, 1.82) is 0 Å². The molecule has 0 radical (unpaired) electrons. The van der Waals surface area contributed by atoms with E-state index in [1.165, 1.54) is 11.0 Å². The third-order valence-electron chi connectivity index (χ3n) is 8.56. The Morgan fingerprint density at radius 2 is 1.84 bits per heavy atom. The van der Waals surface area contributed by atoms with Gasteiger partial charge in [-0.1, -0.05) is 30.3 Å². The highest BCUT2D eigenvalue weighted by atomic mass is 19.1. The molecule has 2 aromatic heterocycles. The number of fused-ring (bicyclic) bond motifs is 3. The minimum Gasteiger partial charge on any atom is -0.451 e. The molecule has 3 aromatic carbocycles. The molecule has 0 aliphatic carbocycles. The zero-order valence-corrected chi connectivity index (χ0v) is 25.1. The summed E-state index contributed by atoms with van der Waals surface area (Å²) in [5.74, 6) is -0.304. The fourth-order valence-corrected chi connectivity index (χ4v) is 6.10. The van der Waals surface area contributed by atoms with Crippen LogP contribution in [0.3, 0.4) is 0 Å². The van der Waals surface area contributed by atoms with E-state index in [0.29, 0.717) is 36.5 Å². The van der Waals surface area contributed by atoms with Gasteiger partial charge >= 0.3 is 0 Å². The summed E-state index contributed by atoms with van der Waals surface area (Å²) in [6.45, 7) is 4.96. The van der Waals surface area contributed by atoms with Gasteiger partial charge in [0.15, 0.2) is 17.3 Å². The maximum absolute atomic E-state index is 15.9. The van der Waals surface area contributed by atoms with Crippen molar-refractivity contribution < 1.29 is 18.7 Å². The number of rotatable bonds is 9. The van der Waals surface area contributed by atoms with Gasteiger partial charge in [0.25, 0.3) is 5.91 Å². The van der Waals surface area contributed by atoms with Gasteiger partial charge in [-0.15, -0.1) is 0 Å². The van der Waals surface area contributed by atoms with Crippen LogP contribution in [0.5, 0.6) is 11.5 Å². The van der Waals surface area contributed by atoms with Crippen molar-refractivity contribution in [1.82, 2.24) is 19.4 Å². The molecule has 2 aliphatic heterocycles. The summed E-state index contributed by atoms with van der Waals surface area (Å²) in [6.07, 6.45) is 4.61. The topological polar surface area (TPSA) is 88.9 Å². The lowest BCUT2D eigenvalue weighted by molar-refractivity contribution is 0.0378. The van der Waals surface area contributed by atoms with E-state index in [1.54, 1.807) is 24.0 Å². The van der Waals surface area contributed by atoms with E-state index in [-0.39, 0.29) is 22.4 Å². The van der Waals surface area contributed by atoms with Gasteiger partial charge in [0.2, 0.25) is 5.43 Å². The zero-order valence-electron chi connectivity index (χ0n) is 25.1. The van der Waals surface area contributed by atoms with Crippen molar-refractivity contribution in [3.63, 3.8) is 0 Å². The normalized spacial score (nSPS) is 14.3. The number of ether oxygens (including phenoxy) is 2. The average molecular weight is 608 g/mol. The second-order valence-electron chi connectivity index (χ2n) is 11.5. The second kappa shape index (κ2) is 12.3. The molecule has 0 unspecified atom stereocenters. The van der Waals surface area contributed by atoms with E-state index in [4.69, 9.17) is 9.47 Å². The molecule has 5 aromatic rings. The summed E-state index contributed by atoms with van der Waals surface area (Å²) in [7, 11) is 1.66. The molecule has 9 nitrogen and oxygen atoms in total. The van der Waals surface area contributed by atoms with Crippen molar-refractivity contribution in [2.24, 2.45) is 0 Å². The summed E-state index contributed by atoms with van der Waals surface area (Å²) in [6, 6.07) is 18.6. The quantitative estimate of drug-likeness (QED) is 0.225. The number of nitrogens with zero attached hydrogens (tertiary/aromatic N) is 4. The van der Waals surface area contributed by atoms with Crippen LogP contribution in [0.25, 0.3) is 27.4 Å². The van der Waals surface area contributed by atoms with Crippen LogP contribution in [-0.2, 0) is 11.2 Å². The Hall–Kier alpha value is -4.80. The molecule has 1 N–H and O–H groups in total. The zero-order chi connectivity index (χ0) is 30.9. The number of aromatic nitrogens is 2. The maximum Gasteiger partial charge on any atom is 0.259 e. The van der Waals surface area contributed by atoms with E-state index in [9.17, 15) is 9.59 Å². The van der Waals surface area contributed by atoms with E-state index < -0.39 is 17.2 Å². The molecule has 0 atom stereocenters. The minimum atomic E-state index is -0.607. The monoisotopic (exact) mass is 607 g/mol. The lowest BCUT2D eigenvalue weighted by atomic mass is 10.0. The van der Waals surface area contributed by atoms with Crippen LogP contribution in [0.15, 0.2) is 77.9 Å². The van der Waals surface area contributed by atoms with Crippen molar-refractivity contribution >= 4 is 33.3 Å². The van der Waals surface area contributed by atoms with E-state index in [2.05, 4.69) is 15.2 Å². The predicted molar refractivity (Wildman–Crippen MR) is 172 cm³/mol. The predicted octanol–water partition coefficient (Wildman–Crippen LogP) is 5.23. The van der Waals surface area contributed by atoms with E-state index in [0.717, 1.165) is 55.7 Å². The van der Waals surface area contributed by atoms with Crippen LogP contribution in [0.1, 0.15) is 22.5 Å². The number of halogens is 1. The Labute approximate surface area is 259 Å². The van der Waals surface area contributed by atoms with Gasteiger partial charge in [0.1, 0.15) is 16.8 Å². The number of hydrogen-bond acceptors (Lipinski definition) is 7. The summed E-state index contributed by atoms with van der Waals surface area (Å²) >= 11 is 0. The van der Waals surface area contributed by atoms with Crippen LogP contribution in [0.4, 0.5) is 10.1 Å². The summed E-state index contributed by atoms with van der Waals surface area (Å²) in [5.41, 5.74) is 1.56. The molecule has 45 heavy (non-hydrogen) atoms. The van der Waals surface area contributed by atoms with Gasteiger partial charge in [-0.3, -0.25) is 19.5 Å². The fraction of sp³-hybridized carbons (Fsp3) is 0.286. The SMILES string of the molecule is CN(CCc1ccccn1)C(=O)c1cn2c3c(c(NCCCN4CCOCC4)c(F)cc3c1=O)Oc1cc3ccccc3cc1-2. The molecule has 1 fully saturated rings. The highest BCUT2D eigenvalue weighted by Crippen LogP contribution is 2.46. The molecule has 230 valence electrons. The largest absolute Gasteiger partial charge is 0.451 e. The van der Waals surface area contributed by atoms with Crippen LogP contribution < -0.4 is 15.5 Å². The number of carbonyl (C=O) groups excluding carboxylic acids is 1. The molecule has 0 saturated carbocycles. The summed E-state index contributed by atoms with van der Waals surface area (Å²) < 4.78 is 29.5. The number of anilines is 1. The summed E-state index contributed by atoms with van der Waals surface area (Å²) in [4.78, 5) is 35.8. The third kappa shape index (κ3) is 5.63. The Balaban J connectivity index is 1.28. The second-order valence-corrected chi connectivity index (χ2v) is 11.5. The van der Waals surface area contributed by atoms with Crippen molar-refractivity contribution in [2.45, 2.75) is 12.8 Å². The standard InChI is InChI=1S/C35H34FN5O4/c1-39(14-10-25-9-4-5-11-37-25)35(43)27-22-41-29-19-23-7-2-3-8-24(23)20-30(29)45-34-31(28(36)21-26(32(34)41)33(27)42)38-12-6-13-40-15-17-44-18-16-40/h2-5,7-9,11,19-22,38H,6,10,12-18H2,1H3. The molecule has 10 heteroatoms. The molecule has 0 spiro atoms. The maximum atomic E-state index is 15.9. The number of hydrogen-bond donors (Lipinski definition) is 1. The number of pyridine rings is 2. The molecule has 0 bridgehead atoms. The highest BCUT2D eigenvalue weighted by Gasteiger charge is 2.29. The number of likely N-dealkylation sites (N-methyl/N-ethyl adjacent to an activating group) is 1. The van der Waals surface area contributed by atoms with Crippen molar-refractivity contribution in [3.8, 4) is 17.2 Å². The fourth-order valence-electron chi connectivity index (χ4n) is 6.10. The third-order valence-corrected chi connectivity index (χ3v) is 8.56. The first kappa shape index (κ1) is 28.9. The Morgan fingerprint density at radius 1 is 1.07 bits per heavy atom. The molecule has 7 rings (SSSR count). The number of nitrogens with one attached hydrogen (secondary N) is 1. The van der Waals surface area contributed by atoms with Crippen molar-refractivity contribution in [2.75, 3.05) is 58.3 Å². The molecule has 4 heterocycles. The smallest absolute Gasteiger partial charge is 0.259 e. The minimum absolute atomic E-state index is 0.0383.